The third-order valence-electron chi connectivity index (χ3n) is 12.3. The molecule has 0 saturated heterocycles. The molecule has 8 nitrogen and oxygen atoms in total. The number of benzene rings is 8. The quantitative estimate of drug-likeness (QED) is 0.168. The fraction of sp³-hybridized carbons (Fsp3) is 0.0370. The summed E-state index contributed by atoms with van der Waals surface area (Å²) in [7, 11) is 3.61. The number of imidazole rings is 1. The van der Waals surface area contributed by atoms with Crippen molar-refractivity contribution in [3.05, 3.63) is 199 Å². The highest BCUT2D eigenvalue weighted by atomic mass is 16.1. The van der Waals surface area contributed by atoms with Crippen LogP contribution in [0.4, 0.5) is 0 Å². The molecular weight excluding hydrogens is 763 g/mol. The molecule has 0 unspecified atom stereocenters. The molecule has 294 valence electrons. The van der Waals surface area contributed by atoms with Crippen LogP contribution in [0, 0.1) is 0 Å². The van der Waals surface area contributed by atoms with E-state index < -0.39 is 0 Å². The van der Waals surface area contributed by atoms with E-state index in [1.165, 1.54) is 21.5 Å². The van der Waals surface area contributed by atoms with E-state index in [1.807, 2.05) is 43.4 Å². The van der Waals surface area contributed by atoms with Crippen LogP contribution in [0.25, 0.3) is 111 Å². The largest absolute Gasteiger partial charge is 0.328 e. The van der Waals surface area contributed by atoms with Gasteiger partial charge in [-0.05, 0) is 65.7 Å². The Hall–Kier alpha value is -8.36. The van der Waals surface area contributed by atoms with Crippen LogP contribution in [-0.2, 0) is 14.1 Å². The van der Waals surface area contributed by atoms with Crippen LogP contribution in [0.1, 0.15) is 0 Å². The van der Waals surface area contributed by atoms with Crippen molar-refractivity contribution in [3.63, 3.8) is 0 Å². The molecular formula is C54H37N7O. The third-order valence-corrected chi connectivity index (χ3v) is 12.3. The van der Waals surface area contributed by atoms with Gasteiger partial charge in [-0.1, -0.05) is 133 Å². The molecule has 0 spiro atoms. The van der Waals surface area contributed by atoms with Gasteiger partial charge < -0.3 is 9.13 Å². The molecule has 0 atom stereocenters. The second kappa shape index (κ2) is 13.9. The molecule has 0 amide bonds. The Bertz CT molecular complexity index is 3560. The number of aromatic nitrogens is 7. The van der Waals surface area contributed by atoms with Crippen LogP contribution in [0.15, 0.2) is 193 Å². The summed E-state index contributed by atoms with van der Waals surface area (Å²) in [4.78, 5) is 28.3. The number of hydrogen-bond donors (Lipinski definition) is 0. The fourth-order valence-electron chi connectivity index (χ4n) is 9.23. The van der Waals surface area contributed by atoms with Gasteiger partial charge in [-0.15, -0.1) is 0 Å². The van der Waals surface area contributed by atoms with Gasteiger partial charge in [0, 0.05) is 63.7 Å². The standard InChI is InChI=1S/C54H37N7O/c1-58-49-29-28-37(32-50(49)59(2)54(58)62)34-24-26-36(27-25-34)52-55-51(35-14-4-3-5-15-35)56-53(57-52)38-30-39(60-45-20-10-6-16-41(45)42-17-7-11-21-46(42)60)33-40(31-38)61-47-22-12-8-18-43(47)44-19-9-13-23-48(44)61/h3-33H,1-2H3. The van der Waals surface area contributed by atoms with Crippen LogP contribution < -0.4 is 5.69 Å². The summed E-state index contributed by atoms with van der Waals surface area (Å²) in [6.45, 7) is 0. The van der Waals surface area contributed by atoms with Crippen molar-refractivity contribution >= 4 is 54.6 Å². The van der Waals surface area contributed by atoms with Crippen LogP contribution in [0.3, 0.4) is 0 Å². The summed E-state index contributed by atoms with van der Waals surface area (Å²) in [5.74, 6) is 1.73. The number of hydrogen-bond acceptors (Lipinski definition) is 4. The van der Waals surface area contributed by atoms with Crippen molar-refractivity contribution in [1.29, 1.82) is 0 Å². The molecule has 0 bridgehead atoms. The second-order valence-corrected chi connectivity index (χ2v) is 15.8. The number of rotatable bonds is 6. The zero-order chi connectivity index (χ0) is 41.5. The minimum atomic E-state index is -0.0462. The normalized spacial score (nSPS) is 11.8. The molecule has 0 aliphatic heterocycles. The van der Waals surface area contributed by atoms with E-state index >= 15 is 0 Å². The average molecular weight is 800 g/mol. The molecule has 0 radical (unpaired) electrons. The predicted molar refractivity (Wildman–Crippen MR) is 252 cm³/mol. The topological polar surface area (TPSA) is 75.5 Å². The van der Waals surface area contributed by atoms with Gasteiger partial charge in [0.05, 0.1) is 33.1 Å². The van der Waals surface area contributed by atoms with Crippen molar-refractivity contribution in [2.24, 2.45) is 14.1 Å². The first-order valence-corrected chi connectivity index (χ1v) is 20.7. The highest BCUT2D eigenvalue weighted by Crippen LogP contribution is 2.38. The van der Waals surface area contributed by atoms with Crippen molar-refractivity contribution in [2.75, 3.05) is 0 Å². The van der Waals surface area contributed by atoms with E-state index in [9.17, 15) is 4.79 Å². The first-order chi connectivity index (χ1) is 30.5. The van der Waals surface area contributed by atoms with Crippen LogP contribution in [-0.4, -0.2) is 33.2 Å². The van der Waals surface area contributed by atoms with Gasteiger partial charge in [-0.2, -0.15) is 0 Å². The predicted octanol–water partition coefficient (Wildman–Crippen LogP) is 11.9. The van der Waals surface area contributed by atoms with E-state index in [-0.39, 0.29) is 5.69 Å². The molecule has 12 aromatic rings. The minimum Gasteiger partial charge on any atom is -0.309 e. The zero-order valence-electron chi connectivity index (χ0n) is 33.9. The molecule has 4 aromatic heterocycles. The Kier molecular flexibility index (Phi) is 7.95. The lowest BCUT2D eigenvalue weighted by atomic mass is 10.0. The Morgan fingerprint density at radius 2 is 0.710 bits per heavy atom. The molecule has 0 aliphatic carbocycles. The molecule has 12 rings (SSSR count). The monoisotopic (exact) mass is 799 g/mol. The summed E-state index contributed by atoms with van der Waals surface area (Å²) in [6, 6.07) is 65.7. The highest BCUT2D eigenvalue weighted by molar-refractivity contribution is 6.10. The molecule has 0 aliphatic rings. The third kappa shape index (κ3) is 5.54. The van der Waals surface area contributed by atoms with Gasteiger partial charge in [0.1, 0.15) is 0 Å². The van der Waals surface area contributed by atoms with E-state index in [4.69, 9.17) is 15.0 Å². The average Bonchev–Trinajstić information content (AvgIpc) is 3.93. The highest BCUT2D eigenvalue weighted by Gasteiger charge is 2.20. The van der Waals surface area contributed by atoms with E-state index in [2.05, 4.69) is 161 Å². The Labute approximate surface area is 355 Å². The Balaban J connectivity index is 1.08. The summed E-state index contributed by atoms with van der Waals surface area (Å²) in [5, 5.41) is 4.77. The molecule has 8 heteroatoms. The van der Waals surface area contributed by atoms with Gasteiger partial charge >= 0.3 is 5.69 Å². The molecule has 0 N–H and O–H groups in total. The van der Waals surface area contributed by atoms with Gasteiger partial charge in [0.25, 0.3) is 0 Å². The van der Waals surface area contributed by atoms with Crippen molar-refractivity contribution in [3.8, 4) is 56.7 Å². The van der Waals surface area contributed by atoms with Gasteiger partial charge in [-0.3, -0.25) is 9.13 Å². The second-order valence-electron chi connectivity index (χ2n) is 15.8. The number of fused-ring (bicyclic) bond motifs is 7. The van der Waals surface area contributed by atoms with Crippen molar-refractivity contribution in [2.45, 2.75) is 0 Å². The molecule has 0 saturated carbocycles. The first-order valence-electron chi connectivity index (χ1n) is 20.7. The zero-order valence-corrected chi connectivity index (χ0v) is 33.9. The summed E-state index contributed by atoms with van der Waals surface area (Å²) >= 11 is 0. The maximum absolute atomic E-state index is 12.7. The maximum Gasteiger partial charge on any atom is 0.328 e. The van der Waals surface area contributed by atoms with Gasteiger partial charge in [0.2, 0.25) is 0 Å². The number of para-hydroxylation sites is 4. The summed E-state index contributed by atoms with van der Waals surface area (Å²) in [6.07, 6.45) is 0. The molecule has 4 heterocycles. The molecule has 0 fully saturated rings. The first kappa shape index (κ1) is 35.6. The van der Waals surface area contributed by atoms with Crippen LogP contribution in [0.5, 0.6) is 0 Å². The summed E-state index contributed by atoms with van der Waals surface area (Å²) < 4.78 is 8.08. The SMILES string of the molecule is Cn1c(=O)n(C)c2cc(-c3ccc(-c4nc(-c5ccccc5)nc(-c5cc(-n6c7ccccc7c7ccccc76)cc(-n6c7ccccc7c7ccccc76)c5)n4)cc3)ccc21. The number of aryl methyl sites for hydroxylation is 2. The minimum absolute atomic E-state index is 0.0462. The lowest BCUT2D eigenvalue weighted by Crippen LogP contribution is -2.19. The molecule has 8 aromatic carbocycles. The Morgan fingerprint density at radius 1 is 0.323 bits per heavy atom. The Morgan fingerprint density at radius 3 is 1.21 bits per heavy atom. The van der Waals surface area contributed by atoms with E-state index in [0.717, 1.165) is 72.3 Å². The van der Waals surface area contributed by atoms with E-state index in [0.29, 0.717) is 17.5 Å². The maximum atomic E-state index is 12.7. The van der Waals surface area contributed by atoms with Crippen LogP contribution >= 0.6 is 0 Å². The number of nitrogens with zero attached hydrogens (tertiary/aromatic N) is 7. The molecule has 62 heavy (non-hydrogen) atoms. The van der Waals surface area contributed by atoms with Crippen molar-refractivity contribution in [1.82, 2.24) is 33.2 Å². The van der Waals surface area contributed by atoms with Gasteiger partial charge in [-0.25, -0.2) is 19.7 Å². The fourth-order valence-corrected chi connectivity index (χ4v) is 9.23. The van der Waals surface area contributed by atoms with E-state index in [1.54, 1.807) is 16.2 Å². The van der Waals surface area contributed by atoms with Crippen molar-refractivity contribution < 1.29 is 0 Å². The smallest absolute Gasteiger partial charge is 0.309 e. The van der Waals surface area contributed by atoms with Gasteiger partial charge in [0.15, 0.2) is 17.5 Å². The lowest BCUT2D eigenvalue weighted by Gasteiger charge is -2.16. The van der Waals surface area contributed by atoms with Crippen LogP contribution in [0.2, 0.25) is 0 Å². The lowest BCUT2D eigenvalue weighted by molar-refractivity contribution is 0.795. The summed E-state index contributed by atoms with van der Waals surface area (Å²) in [5.41, 5.74) is 12.9.